The van der Waals surface area contributed by atoms with Crippen molar-refractivity contribution in [2.75, 3.05) is 20.1 Å². The summed E-state index contributed by atoms with van der Waals surface area (Å²) in [4.78, 5) is 30.6. The Morgan fingerprint density at radius 1 is 1.42 bits per heavy atom. The number of carbonyl (C=O) groups excluding carboxylic acids is 2. The van der Waals surface area contributed by atoms with Gasteiger partial charge in [-0.1, -0.05) is 12.2 Å². The fourth-order valence-electron chi connectivity index (χ4n) is 1.85. The molecule has 0 saturated carbocycles. The Morgan fingerprint density at radius 2 is 2.16 bits per heavy atom. The van der Waals surface area contributed by atoms with Crippen LogP contribution in [0.25, 0.3) is 0 Å². The average molecular weight is 278 g/mol. The summed E-state index contributed by atoms with van der Waals surface area (Å²) in [6.45, 7) is 1.42. The Balaban J connectivity index is 2.13. The van der Waals surface area contributed by atoms with E-state index in [4.69, 9.17) is 18.0 Å². The summed E-state index contributed by atoms with van der Waals surface area (Å²) in [6, 6.07) is 3.51. The lowest BCUT2D eigenvalue weighted by atomic mass is 10.2. The van der Waals surface area contributed by atoms with Crippen molar-refractivity contribution in [2.24, 2.45) is 5.73 Å². The highest BCUT2D eigenvalue weighted by molar-refractivity contribution is 7.80. The summed E-state index contributed by atoms with van der Waals surface area (Å²) in [6.07, 6.45) is 1.59. The van der Waals surface area contributed by atoms with Crippen molar-refractivity contribution in [1.82, 2.24) is 14.8 Å². The van der Waals surface area contributed by atoms with Gasteiger partial charge in [0.1, 0.15) is 4.99 Å². The van der Waals surface area contributed by atoms with Gasteiger partial charge in [0.15, 0.2) is 0 Å². The number of carbonyl (C=O) groups is 2. The van der Waals surface area contributed by atoms with Gasteiger partial charge >= 0.3 is 11.8 Å². The van der Waals surface area contributed by atoms with E-state index in [1.165, 1.54) is 9.80 Å². The molecule has 2 amide bonds. The molecule has 6 nitrogen and oxygen atoms in total. The molecule has 0 spiro atoms. The lowest BCUT2D eigenvalue weighted by molar-refractivity contribution is -0.155. The summed E-state index contributed by atoms with van der Waals surface area (Å²) in [5.41, 5.74) is 6.88. The van der Waals surface area contributed by atoms with Crippen molar-refractivity contribution >= 4 is 29.0 Å². The molecular weight excluding hydrogens is 264 g/mol. The Kier molecular flexibility index (Phi) is 3.75. The molecule has 0 bridgehead atoms. The highest BCUT2D eigenvalue weighted by atomic mass is 32.1. The van der Waals surface area contributed by atoms with E-state index in [1.54, 1.807) is 25.4 Å². The van der Waals surface area contributed by atoms with Crippen LogP contribution in [-0.4, -0.2) is 51.7 Å². The highest BCUT2D eigenvalue weighted by Crippen LogP contribution is 2.10. The molecule has 1 aliphatic rings. The molecule has 0 aromatic carbocycles. The predicted molar refractivity (Wildman–Crippen MR) is 73.2 cm³/mol. The molecule has 2 heterocycles. The first kappa shape index (κ1) is 13.4. The lowest BCUT2D eigenvalue weighted by Crippen LogP contribution is -2.52. The van der Waals surface area contributed by atoms with E-state index in [1.807, 2.05) is 0 Å². The zero-order valence-corrected chi connectivity index (χ0v) is 11.3. The smallest absolute Gasteiger partial charge is 0.312 e. The van der Waals surface area contributed by atoms with Crippen molar-refractivity contribution in [2.45, 2.75) is 6.54 Å². The number of nitrogens with zero attached hydrogens (tertiary/aromatic N) is 3. The van der Waals surface area contributed by atoms with E-state index in [0.717, 1.165) is 5.56 Å². The molecule has 7 heteroatoms. The van der Waals surface area contributed by atoms with Crippen LogP contribution in [0.3, 0.4) is 0 Å². The van der Waals surface area contributed by atoms with Crippen LogP contribution in [0.15, 0.2) is 18.3 Å². The second-order valence-electron chi connectivity index (χ2n) is 4.37. The molecule has 1 fully saturated rings. The number of nitrogens with two attached hydrogens (primary N) is 1. The van der Waals surface area contributed by atoms with Gasteiger partial charge < -0.3 is 15.5 Å². The summed E-state index contributed by atoms with van der Waals surface area (Å²) >= 11 is 4.86. The molecule has 0 atom stereocenters. The van der Waals surface area contributed by atoms with E-state index in [-0.39, 0.29) is 4.99 Å². The van der Waals surface area contributed by atoms with Gasteiger partial charge in [-0.3, -0.25) is 14.6 Å². The molecule has 1 aromatic rings. The van der Waals surface area contributed by atoms with Crippen LogP contribution >= 0.6 is 12.2 Å². The molecule has 0 aliphatic carbocycles. The van der Waals surface area contributed by atoms with E-state index < -0.39 is 11.8 Å². The van der Waals surface area contributed by atoms with Crippen molar-refractivity contribution in [1.29, 1.82) is 0 Å². The minimum atomic E-state index is -0.484. The number of hydrogen-bond donors (Lipinski definition) is 1. The van der Waals surface area contributed by atoms with Gasteiger partial charge in [0.25, 0.3) is 0 Å². The van der Waals surface area contributed by atoms with Crippen molar-refractivity contribution < 1.29 is 9.59 Å². The molecule has 19 heavy (non-hydrogen) atoms. The molecule has 1 aliphatic heterocycles. The van der Waals surface area contributed by atoms with Gasteiger partial charge in [-0.2, -0.15) is 0 Å². The van der Waals surface area contributed by atoms with Crippen molar-refractivity contribution in [3.63, 3.8) is 0 Å². The minimum absolute atomic E-state index is 0.211. The zero-order chi connectivity index (χ0) is 14.0. The van der Waals surface area contributed by atoms with Crippen LogP contribution in [0.1, 0.15) is 11.3 Å². The number of rotatable bonds is 3. The topological polar surface area (TPSA) is 79.5 Å². The number of likely N-dealkylation sites (N-methyl/N-ethyl adjacent to an activating group) is 1. The minimum Gasteiger partial charge on any atom is -0.388 e. The second kappa shape index (κ2) is 5.31. The van der Waals surface area contributed by atoms with Crippen LogP contribution in [0.5, 0.6) is 0 Å². The third-order valence-corrected chi connectivity index (χ3v) is 3.18. The van der Waals surface area contributed by atoms with Crippen LogP contribution in [0, 0.1) is 0 Å². The first-order valence-corrected chi connectivity index (χ1v) is 6.19. The maximum atomic E-state index is 11.8. The Hall–Kier alpha value is -2.02. The maximum Gasteiger partial charge on any atom is 0.312 e. The van der Waals surface area contributed by atoms with E-state index in [0.29, 0.717) is 25.3 Å². The summed E-state index contributed by atoms with van der Waals surface area (Å²) < 4.78 is 0. The third kappa shape index (κ3) is 2.87. The molecule has 1 aromatic heterocycles. The largest absolute Gasteiger partial charge is 0.388 e. The van der Waals surface area contributed by atoms with Crippen molar-refractivity contribution in [3.05, 3.63) is 29.6 Å². The Bertz CT molecular complexity index is 546. The standard InChI is InChI=1S/C12H14N4O2S/c1-15-4-5-16(12(18)11(15)17)7-8-2-3-14-9(6-8)10(13)19/h2-3,6H,4-5,7H2,1H3,(H2,13,19). The number of amides is 2. The first-order valence-electron chi connectivity index (χ1n) is 5.78. The fourth-order valence-corrected chi connectivity index (χ4v) is 1.96. The monoisotopic (exact) mass is 278 g/mol. The van der Waals surface area contributed by atoms with Gasteiger partial charge in [-0.05, 0) is 17.7 Å². The first-order chi connectivity index (χ1) is 8.99. The van der Waals surface area contributed by atoms with Gasteiger partial charge in [-0.15, -0.1) is 0 Å². The number of hydrogen-bond acceptors (Lipinski definition) is 4. The molecule has 2 rings (SSSR count). The SMILES string of the molecule is CN1CCN(Cc2ccnc(C(N)=S)c2)C(=O)C1=O. The quantitative estimate of drug-likeness (QED) is 0.596. The maximum absolute atomic E-state index is 11.8. The highest BCUT2D eigenvalue weighted by Gasteiger charge is 2.30. The van der Waals surface area contributed by atoms with Crippen LogP contribution < -0.4 is 5.73 Å². The van der Waals surface area contributed by atoms with Crippen LogP contribution in [-0.2, 0) is 16.1 Å². The number of aromatic nitrogens is 1. The van der Waals surface area contributed by atoms with Crippen LogP contribution in [0.4, 0.5) is 0 Å². The summed E-state index contributed by atoms with van der Waals surface area (Å²) in [7, 11) is 1.62. The molecule has 2 N–H and O–H groups in total. The average Bonchev–Trinajstić information content (AvgIpc) is 2.40. The molecular formula is C12H14N4O2S. The van der Waals surface area contributed by atoms with Gasteiger partial charge in [-0.25, -0.2) is 0 Å². The second-order valence-corrected chi connectivity index (χ2v) is 4.81. The van der Waals surface area contributed by atoms with Gasteiger partial charge in [0.05, 0.1) is 5.69 Å². The number of thiocarbonyl (C=S) groups is 1. The lowest BCUT2D eigenvalue weighted by Gasteiger charge is -2.31. The molecule has 100 valence electrons. The summed E-state index contributed by atoms with van der Waals surface area (Å²) in [5.74, 6) is -0.961. The molecule has 0 radical (unpaired) electrons. The van der Waals surface area contributed by atoms with E-state index in [9.17, 15) is 9.59 Å². The summed E-state index contributed by atoms with van der Waals surface area (Å²) in [5, 5.41) is 0. The zero-order valence-electron chi connectivity index (χ0n) is 10.5. The predicted octanol–water partition coefficient (Wildman–Crippen LogP) is -0.484. The normalized spacial score (nSPS) is 15.8. The van der Waals surface area contributed by atoms with Crippen LogP contribution in [0.2, 0.25) is 0 Å². The Morgan fingerprint density at radius 3 is 2.84 bits per heavy atom. The van der Waals surface area contributed by atoms with Gasteiger partial charge in [0, 0.05) is 32.9 Å². The third-order valence-electron chi connectivity index (χ3n) is 2.97. The Labute approximate surface area is 116 Å². The van der Waals surface area contributed by atoms with E-state index >= 15 is 0 Å². The van der Waals surface area contributed by atoms with Gasteiger partial charge in [0.2, 0.25) is 0 Å². The number of piperazine rings is 1. The van der Waals surface area contributed by atoms with Crippen molar-refractivity contribution in [3.8, 4) is 0 Å². The number of pyridine rings is 1. The fraction of sp³-hybridized carbons (Fsp3) is 0.333. The molecule has 0 unspecified atom stereocenters. The molecule has 1 saturated heterocycles. The van der Waals surface area contributed by atoms with E-state index in [2.05, 4.69) is 4.98 Å².